The smallest absolute Gasteiger partial charge is 0.331 e. The molecule has 7 aliphatic rings. The summed E-state index contributed by atoms with van der Waals surface area (Å²) in [5.74, 6) is -3.49. The second-order valence-electron chi connectivity index (χ2n) is 18.0. The second-order valence-corrected chi connectivity index (χ2v) is 18.0. The summed E-state index contributed by atoms with van der Waals surface area (Å²) < 4.78 is 46.2. The molecule has 3 aliphatic heterocycles. The molecule has 0 spiro atoms. The number of aliphatic hydroxyl groups excluding tert-OH is 3. The number of aliphatic hydroxyl groups is 5. The summed E-state index contributed by atoms with van der Waals surface area (Å²) in [6.45, 7) is 6.57. The molecule has 0 amide bonds. The van der Waals surface area contributed by atoms with E-state index in [1.165, 1.54) is 13.0 Å². The average Bonchev–Trinajstić information content (AvgIpc) is 3.72. The Kier molecular flexibility index (Phi) is 12.2. The number of cyclic esters (lactones) is 1. The number of fused-ring (bicyclic) bond motifs is 5. The first-order chi connectivity index (χ1) is 27.8. The average molecular weight is 839 g/mol. The highest BCUT2D eigenvalue weighted by molar-refractivity contribution is 5.85. The minimum Gasteiger partial charge on any atom is -0.458 e. The van der Waals surface area contributed by atoms with E-state index < -0.39 is 114 Å². The lowest BCUT2D eigenvalue weighted by molar-refractivity contribution is -0.341. The second kappa shape index (κ2) is 16.3. The van der Waals surface area contributed by atoms with Gasteiger partial charge in [-0.1, -0.05) is 6.92 Å². The summed E-state index contributed by atoms with van der Waals surface area (Å²) >= 11 is 0. The number of ether oxygens (including phenoxy) is 8. The first-order valence-corrected chi connectivity index (χ1v) is 20.7. The molecule has 330 valence electrons. The summed E-state index contributed by atoms with van der Waals surface area (Å²) in [7, 11) is 0. The highest BCUT2D eigenvalue weighted by Gasteiger charge is 2.72. The van der Waals surface area contributed by atoms with E-state index in [2.05, 4.69) is 6.92 Å². The van der Waals surface area contributed by atoms with Gasteiger partial charge < -0.3 is 68.2 Å². The minimum absolute atomic E-state index is 0.0285. The van der Waals surface area contributed by atoms with Gasteiger partial charge in [0.1, 0.15) is 37.3 Å². The quantitative estimate of drug-likeness (QED) is 0.0857. The maximum absolute atomic E-state index is 13.4. The van der Waals surface area contributed by atoms with E-state index in [0.717, 1.165) is 32.6 Å². The van der Waals surface area contributed by atoms with Crippen LogP contribution >= 0.6 is 0 Å². The normalized spacial score (nSPS) is 48.0. The Labute approximate surface area is 341 Å². The van der Waals surface area contributed by atoms with Gasteiger partial charge in [0.15, 0.2) is 30.9 Å². The molecule has 2 saturated heterocycles. The Hall–Kier alpha value is -3.07. The van der Waals surface area contributed by atoms with Crippen molar-refractivity contribution in [2.75, 3.05) is 13.2 Å². The largest absolute Gasteiger partial charge is 0.458 e. The molecule has 6 fully saturated rings. The standard InChI is InChI=1S/C41H58O18/c1-19-30(47)31(48)32(49)36(54-19)53-17-28-33(55-20(2)43)34(56-21(3)44)35(57-22(4)45)37(59-28)58-24-6-11-39(18-42)26-7-10-38(5)25(23-14-29(46)52-16-23)9-13-41(38,51)27(26)8-12-40(39,50)15-24/h14,18-19,24-28,30-37,47-51H,6-13,15-17H2,1-5H3/t19?,24?,25?,26?,27?,28?,30?,31?,32?,33-,34+,35-,36?,37?,38?,39?,40?,41?/m1/s1. The van der Waals surface area contributed by atoms with Crippen molar-refractivity contribution in [1.29, 1.82) is 0 Å². The number of carbonyl (C=O) groups excluding carboxylic acids is 5. The zero-order valence-electron chi connectivity index (χ0n) is 34.1. The number of rotatable bonds is 10. The molecular formula is C41H58O18. The Balaban J connectivity index is 1.13. The van der Waals surface area contributed by atoms with Crippen molar-refractivity contribution in [2.24, 2.45) is 28.6 Å². The van der Waals surface area contributed by atoms with Crippen molar-refractivity contribution >= 4 is 30.2 Å². The van der Waals surface area contributed by atoms with E-state index in [4.69, 9.17) is 37.9 Å². The van der Waals surface area contributed by atoms with Gasteiger partial charge in [-0.05, 0) is 81.6 Å². The van der Waals surface area contributed by atoms with Gasteiger partial charge in [0.05, 0.1) is 35.4 Å². The molecule has 4 saturated carbocycles. The van der Waals surface area contributed by atoms with Crippen LogP contribution in [0.15, 0.2) is 11.6 Å². The minimum atomic E-state index is -1.68. The van der Waals surface area contributed by atoms with Crippen molar-refractivity contribution in [2.45, 2.75) is 171 Å². The number of carbonyl (C=O) groups is 5. The summed E-state index contributed by atoms with van der Waals surface area (Å²) in [6.07, 6.45) is -9.40. The molecular weight excluding hydrogens is 780 g/mol. The lowest BCUT2D eigenvalue weighted by Gasteiger charge is -2.65. The van der Waals surface area contributed by atoms with E-state index in [1.807, 2.05) is 0 Å². The van der Waals surface area contributed by atoms with Crippen LogP contribution in [0.1, 0.15) is 92.4 Å². The molecule has 0 radical (unpaired) electrons. The first kappa shape index (κ1) is 44.0. The molecule has 0 aromatic rings. The summed E-state index contributed by atoms with van der Waals surface area (Å²) in [5.41, 5.74) is -3.58. The Bertz CT molecular complexity index is 1690. The van der Waals surface area contributed by atoms with E-state index in [0.29, 0.717) is 32.1 Å². The van der Waals surface area contributed by atoms with Crippen molar-refractivity contribution < 1.29 is 87.4 Å². The Morgan fingerprint density at radius 1 is 0.814 bits per heavy atom. The molecule has 7 rings (SSSR count). The van der Waals surface area contributed by atoms with Gasteiger partial charge in [-0.25, -0.2) is 4.79 Å². The molecule has 0 aromatic heterocycles. The van der Waals surface area contributed by atoms with Crippen LogP contribution in [0.25, 0.3) is 0 Å². The molecule has 15 unspecified atom stereocenters. The highest BCUT2D eigenvalue weighted by Crippen LogP contribution is 2.70. The van der Waals surface area contributed by atoms with E-state index in [-0.39, 0.29) is 56.0 Å². The predicted molar refractivity (Wildman–Crippen MR) is 196 cm³/mol. The first-order valence-electron chi connectivity index (χ1n) is 20.7. The van der Waals surface area contributed by atoms with E-state index >= 15 is 0 Å². The van der Waals surface area contributed by atoms with Crippen LogP contribution in [0, 0.1) is 28.6 Å². The van der Waals surface area contributed by atoms with Crippen LogP contribution in [0.2, 0.25) is 0 Å². The Morgan fingerprint density at radius 3 is 2.12 bits per heavy atom. The molecule has 18 atom stereocenters. The summed E-state index contributed by atoms with van der Waals surface area (Å²) in [6, 6.07) is 0. The summed E-state index contributed by atoms with van der Waals surface area (Å²) in [5, 5.41) is 56.3. The van der Waals surface area contributed by atoms with Crippen LogP contribution in [-0.2, 0) is 61.9 Å². The van der Waals surface area contributed by atoms with Gasteiger partial charge in [0.2, 0.25) is 0 Å². The molecule has 0 bridgehead atoms. The van der Waals surface area contributed by atoms with Gasteiger partial charge in [0.25, 0.3) is 0 Å². The lowest BCUT2D eigenvalue weighted by atomic mass is 9.41. The third kappa shape index (κ3) is 7.53. The molecule has 4 aliphatic carbocycles. The summed E-state index contributed by atoms with van der Waals surface area (Å²) in [4.78, 5) is 62.8. The maximum Gasteiger partial charge on any atom is 0.331 e. The van der Waals surface area contributed by atoms with Crippen LogP contribution in [0.5, 0.6) is 0 Å². The van der Waals surface area contributed by atoms with Crippen LogP contribution in [0.3, 0.4) is 0 Å². The zero-order valence-corrected chi connectivity index (χ0v) is 34.1. The number of esters is 4. The van der Waals surface area contributed by atoms with Gasteiger partial charge in [-0.3, -0.25) is 14.4 Å². The van der Waals surface area contributed by atoms with Crippen LogP contribution in [0.4, 0.5) is 0 Å². The number of hydrogen-bond acceptors (Lipinski definition) is 18. The van der Waals surface area contributed by atoms with Crippen molar-refractivity contribution in [3.05, 3.63) is 11.6 Å². The third-order valence-electron chi connectivity index (χ3n) is 14.9. The van der Waals surface area contributed by atoms with Gasteiger partial charge in [0, 0.05) is 38.7 Å². The molecule has 0 aromatic carbocycles. The SMILES string of the molecule is CC(=O)O[C@H]1[C@H](OC(C)=O)C(COC2OC(C)C(O)C(O)C2O)OC(OC2CCC3(C=O)C4CCC5(C)C(C6=CC(=O)OC6)CCC5(O)C4CCC3(O)C2)[C@@H]1OC(C)=O. The molecule has 18 heteroatoms. The molecule has 59 heavy (non-hydrogen) atoms. The third-order valence-corrected chi connectivity index (χ3v) is 14.9. The van der Waals surface area contributed by atoms with Gasteiger partial charge >= 0.3 is 23.9 Å². The fourth-order valence-corrected chi connectivity index (χ4v) is 12.1. The van der Waals surface area contributed by atoms with Crippen molar-refractivity contribution in [1.82, 2.24) is 0 Å². The van der Waals surface area contributed by atoms with Gasteiger partial charge in [-0.2, -0.15) is 0 Å². The maximum atomic E-state index is 13.4. The van der Waals surface area contributed by atoms with Crippen molar-refractivity contribution in [3.63, 3.8) is 0 Å². The molecule has 5 N–H and O–H groups in total. The Morgan fingerprint density at radius 2 is 1.47 bits per heavy atom. The fourth-order valence-electron chi connectivity index (χ4n) is 12.1. The fraction of sp³-hybridized carbons (Fsp3) is 0.829. The highest BCUT2D eigenvalue weighted by atomic mass is 16.8. The van der Waals surface area contributed by atoms with E-state index in [1.54, 1.807) is 0 Å². The zero-order chi connectivity index (χ0) is 42.8. The van der Waals surface area contributed by atoms with Gasteiger partial charge in [-0.15, -0.1) is 0 Å². The van der Waals surface area contributed by atoms with Crippen LogP contribution in [-0.4, -0.2) is 148 Å². The molecule has 18 nitrogen and oxygen atoms in total. The van der Waals surface area contributed by atoms with E-state index in [9.17, 15) is 49.5 Å². The monoisotopic (exact) mass is 838 g/mol. The molecule has 3 heterocycles. The number of aldehydes is 1. The van der Waals surface area contributed by atoms with Crippen molar-refractivity contribution in [3.8, 4) is 0 Å². The number of hydrogen-bond donors (Lipinski definition) is 5. The predicted octanol–water partition coefficient (Wildman–Crippen LogP) is 0.287. The lowest BCUT2D eigenvalue weighted by Crippen LogP contribution is -2.69. The topological polar surface area (TPSA) is 260 Å². The van der Waals surface area contributed by atoms with Crippen LogP contribution < -0.4 is 0 Å².